The molecule has 0 radical (unpaired) electrons. The van der Waals surface area contributed by atoms with Crippen molar-refractivity contribution in [3.05, 3.63) is 71.8 Å². The van der Waals surface area contributed by atoms with Gasteiger partial charge in [0.2, 0.25) is 5.91 Å². The van der Waals surface area contributed by atoms with Crippen molar-refractivity contribution in [2.45, 2.75) is 64.5 Å². The van der Waals surface area contributed by atoms with Crippen LogP contribution in [0.2, 0.25) is 0 Å². The summed E-state index contributed by atoms with van der Waals surface area (Å²) in [4.78, 5) is 49.7. The first-order valence-electron chi connectivity index (χ1n) is 11.9. The molecule has 0 saturated carbocycles. The number of ether oxygens (including phenoxy) is 3. The first-order valence-corrected chi connectivity index (χ1v) is 11.9. The van der Waals surface area contributed by atoms with Crippen LogP contribution in [-0.2, 0) is 41.8 Å². The van der Waals surface area contributed by atoms with Gasteiger partial charge in [-0.2, -0.15) is 0 Å². The fraction of sp³-hybridized carbons (Fsp3) is 0.407. The van der Waals surface area contributed by atoms with Crippen LogP contribution in [0.3, 0.4) is 0 Å². The average molecular weight is 515 g/mol. The minimum absolute atomic E-state index is 0.0127. The summed E-state index contributed by atoms with van der Waals surface area (Å²) in [6.07, 6.45) is -1.22. The molecule has 200 valence electrons. The maximum absolute atomic E-state index is 12.7. The molecule has 0 fully saturated rings. The molecular weight excluding hydrogens is 480 g/mol. The SMILES string of the molecule is CC(C)(C)OC(=O)N[C@@H](CCC(=O)NC(CO)C(=O)OCc1ccccc1)C(=O)OCc1ccccc1. The maximum Gasteiger partial charge on any atom is 0.408 e. The second kappa shape index (κ2) is 14.6. The van der Waals surface area contributed by atoms with E-state index in [2.05, 4.69) is 10.6 Å². The molecule has 1 unspecified atom stereocenters. The van der Waals surface area contributed by atoms with Gasteiger partial charge < -0.3 is 30.0 Å². The Hall–Kier alpha value is -3.92. The molecule has 10 heteroatoms. The van der Waals surface area contributed by atoms with Gasteiger partial charge in [-0.25, -0.2) is 14.4 Å². The number of esters is 2. The third-order valence-electron chi connectivity index (χ3n) is 4.89. The number of carbonyl (C=O) groups is 4. The van der Waals surface area contributed by atoms with Crippen molar-refractivity contribution in [3.63, 3.8) is 0 Å². The molecule has 0 heterocycles. The minimum Gasteiger partial charge on any atom is -0.459 e. The maximum atomic E-state index is 12.7. The molecule has 0 spiro atoms. The number of benzene rings is 2. The van der Waals surface area contributed by atoms with Crippen LogP contribution in [0, 0.1) is 0 Å². The van der Waals surface area contributed by atoms with Gasteiger partial charge in [0.1, 0.15) is 24.9 Å². The lowest BCUT2D eigenvalue weighted by atomic mass is 10.1. The number of aliphatic hydroxyl groups excluding tert-OH is 1. The Morgan fingerprint density at radius 3 is 1.73 bits per heavy atom. The number of nitrogens with one attached hydrogen (secondary N) is 2. The van der Waals surface area contributed by atoms with Gasteiger partial charge >= 0.3 is 18.0 Å². The predicted octanol–water partition coefficient (Wildman–Crippen LogP) is 2.62. The normalized spacial score (nSPS) is 12.5. The molecule has 2 aromatic rings. The van der Waals surface area contributed by atoms with E-state index in [-0.39, 0.29) is 26.1 Å². The number of aliphatic hydroxyl groups is 1. The second-order valence-corrected chi connectivity index (χ2v) is 9.23. The summed E-state index contributed by atoms with van der Waals surface area (Å²) in [5.74, 6) is -2.17. The van der Waals surface area contributed by atoms with Gasteiger partial charge in [0.05, 0.1) is 6.61 Å². The van der Waals surface area contributed by atoms with Crippen LogP contribution in [0.15, 0.2) is 60.7 Å². The van der Waals surface area contributed by atoms with E-state index in [4.69, 9.17) is 14.2 Å². The molecule has 0 aliphatic carbocycles. The molecule has 0 bridgehead atoms. The molecule has 2 atom stereocenters. The summed E-state index contributed by atoms with van der Waals surface area (Å²) < 4.78 is 15.7. The highest BCUT2D eigenvalue weighted by Gasteiger charge is 2.28. The van der Waals surface area contributed by atoms with E-state index in [1.165, 1.54) is 0 Å². The monoisotopic (exact) mass is 514 g/mol. The summed E-state index contributed by atoms with van der Waals surface area (Å²) in [5.41, 5.74) is 0.711. The molecule has 0 saturated heterocycles. The Morgan fingerprint density at radius 2 is 1.27 bits per heavy atom. The first-order chi connectivity index (χ1) is 17.6. The lowest BCUT2D eigenvalue weighted by Gasteiger charge is -2.23. The van der Waals surface area contributed by atoms with Gasteiger partial charge in [-0.05, 0) is 38.3 Å². The van der Waals surface area contributed by atoms with E-state index in [0.29, 0.717) is 0 Å². The zero-order valence-electron chi connectivity index (χ0n) is 21.3. The van der Waals surface area contributed by atoms with Crippen molar-refractivity contribution in [1.29, 1.82) is 0 Å². The molecule has 2 amide bonds. The van der Waals surface area contributed by atoms with Gasteiger partial charge in [-0.3, -0.25) is 4.79 Å². The number of hydrogen-bond donors (Lipinski definition) is 3. The standard InChI is InChI=1S/C27H34N2O8/c1-27(2,3)37-26(34)29-21(24(32)35-17-19-10-6-4-7-11-19)14-15-23(31)28-22(16-30)25(33)36-18-20-12-8-5-9-13-20/h4-13,21-22,30H,14-18H2,1-3H3,(H,28,31)(H,29,34)/t21-,22?/m0/s1. The van der Waals surface area contributed by atoms with Crippen LogP contribution < -0.4 is 10.6 Å². The predicted molar refractivity (Wildman–Crippen MR) is 134 cm³/mol. The van der Waals surface area contributed by atoms with Crippen molar-refractivity contribution in [2.75, 3.05) is 6.61 Å². The summed E-state index contributed by atoms with van der Waals surface area (Å²) in [6.45, 7) is 4.33. The van der Waals surface area contributed by atoms with Gasteiger partial charge in [0.15, 0.2) is 6.04 Å². The Bertz CT molecular complexity index is 1020. The fourth-order valence-electron chi connectivity index (χ4n) is 3.08. The van der Waals surface area contributed by atoms with Crippen molar-refractivity contribution < 1.29 is 38.5 Å². The van der Waals surface area contributed by atoms with E-state index in [1.54, 1.807) is 69.3 Å². The van der Waals surface area contributed by atoms with Crippen molar-refractivity contribution >= 4 is 23.9 Å². The summed E-state index contributed by atoms with van der Waals surface area (Å²) in [6, 6.07) is 15.5. The Labute approximate surface area is 216 Å². The van der Waals surface area contributed by atoms with Crippen LogP contribution in [0.25, 0.3) is 0 Å². The van der Waals surface area contributed by atoms with Gasteiger partial charge in [-0.1, -0.05) is 60.7 Å². The topological polar surface area (TPSA) is 140 Å². The molecule has 0 aromatic heterocycles. The molecule has 0 aliphatic rings. The van der Waals surface area contributed by atoms with E-state index >= 15 is 0 Å². The lowest BCUT2D eigenvalue weighted by Crippen LogP contribution is -2.47. The third-order valence-corrected chi connectivity index (χ3v) is 4.89. The fourth-order valence-corrected chi connectivity index (χ4v) is 3.08. The number of amides is 2. The number of rotatable bonds is 12. The van der Waals surface area contributed by atoms with Gasteiger partial charge in [0, 0.05) is 6.42 Å². The van der Waals surface area contributed by atoms with Crippen LogP contribution in [0.1, 0.15) is 44.7 Å². The summed E-state index contributed by atoms with van der Waals surface area (Å²) in [5, 5.41) is 14.4. The number of hydrogen-bond acceptors (Lipinski definition) is 8. The first kappa shape index (κ1) is 29.3. The highest BCUT2D eigenvalue weighted by molar-refractivity contribution is 5.86. The second-order valence-electron chi connectivity index (χ2n) is 9.23. The minimum atomic E-state index is -1.28. The molecule has 2 rings (SSSR count). The van der Waals surface area contributed by atoms with Crippen molar-refractivity contribution in [1.82, 2.24) is 10.6 Å². The third kappa shape index (κ3) is 11.6. The molecular formula is C27H34N2O8. The van der Waals surface area contributed by atoms with Crippen LogP contribution in [0.4, 0.5) is 4.79 Å². The number of carbonyl (C=O) groups excluding carboxylic acids is 4. The van der Waals surface area contributed by atoms with E-state index in [1.807, 2.05) is 12.1 Å². The van der Waals surface area contributed by atoms with Crippen molar-refractivity contribution in [3.8, 4) is 0 Å². The zero-order valence-corrected chi connectivity index (χ0v) is 21.3. The van der Waals surface area contributed by atoms with Crippen LogP contribution >= 0.6 is 0 Å². The zero-order chi connectivity index (χ0) is 27.3. The average Bonchev–Trinajstić information content (AvgIpc) is 2.87. The van der Waals surface area contributed by atoms with E-state index in [9.17, 15) is 24.3 Å². The summed E-state index contributed by atoms with van der Waals surface area (Å²) in [7, 11) is 0. The van der Waals surface area contributed by atoms with Crippen LogP contribution in [-0.4, -0.2) is 53.3 Å². The molecule has 2 aromatic carbocycles. The lowest BCUT2D eigenvalue weighted by molar-refractivity contribution is -0.151. The molecule has 37 heavy (non-hydrogen) atoms. The molecule has 3 N–H and O–H groups in total. The Kier molecular flexibility index (Phi) is 11.6. The summed E-state index contributed by atoms with van der Waals surface area (Å²) >= 11 is 0. The van der Waals surface area contributed by atoms with Gasteiger partial charge in [0.25, 0.3) is 0 Å². The van der Waals surface area contributed by atoms with E-state index in [0.717, 1.165) is 11.1 Å². The largest absolute Gasteiger partial charge is 0.459 e. The number of alkyl carbamates (subject to hydrolysis) is 1. The molecule has 0 aliphatic heterocycles. The highest BCUT2D eigenvalue weighted by atomic mass is 16.6. The Morgan fingerprint density at radius 1 is 0.784 bits per heavy atom. The van der Waals surface area contributed by atoms with Crippen LogP contribution in [0.5, 0.6) is 0 Å². The van der Waals surface area contributed by atoms with E-state index < -0.39 is 48.2 Å². The van der Waals surface area contributed by atoms with Gasteiger partial charge in [-0.15, -0.1) is 0 Å². The Balaban J connectivity index is 1.93. The quantitative estimate of drug-likeness (QED) is 0.290. The molecule has 10 nitrogen and oxygen atoms in total. The smallest absolute Gasteiger partial charge is 0.408 e. The highest BCUT2D eigenvalue weighted by Crippen LogP contribution is 2.10. The van der Waals surface area contributed by atoms with Crippen molar-refractivity contribution in [2.24, 2.45) is 0 Å².